The van der Waals surface area contributed by atoms with Gasteiger partial charge in [0.1, 0.15) is 0 Å². The molecule has 4 heteroatoms. The molecule has 3 rings (SSSR count). The van der Waals surface area contributed by atoms with Crippen LogP contribution in [0.2, 0.25) is 0 Å². The first-order valence-corrected chi connectivity index (χ1v) is 7.67. The first kappa shape index (κ1) is 13.1. The summed E-state index contributed by atoms with van der Waals surface area (Å²) in [5, 5.41) is 0. The second kappa shape index (κ2) is 5.63. The zero-order chi connectivity index (χ0) is 13.2. The molecule has 1 aromatic rings. The summed E-state index contributed by atoms with van der Waals surface area (Å²) in [6, 6.07) is 8.12. The van der Waals surface area contributed by atoms with E-state index in [0.29, 0.717) is 12.0 Å². The number of hydrogen-bond acceptors (Lipinski definition) is 2. The maximum absolute atomic E-state index is 12.6. The lowest BCUT2D eigenvalue weighted by molar-refractivity contribution is 0.0706. The standard InChI is InChI=1S/C15H18BrNO2/c16-13-3-1-2-12(8-13)15(18)17(14-4-5-14)9-11-6-7-19-10-11/h1-3,8,11,14H,4-7,9-10H2/t11-/m0/s1. The third-order valence-electron chi connectivity index (χ3n) is 3.80. The molecule has 0 bridgehead atoms. The van der Waals surface area contributed by atoms with Gasteiger partial charge in [-0.3, -0.25) is 4.79 Å². The molecule has 0 spiro atoms. The number of ether oxygens (including phenoxy) is 1. The number of nitrogens with zero attached hydrogens (tertiary/aromatic N) is 1. The van der Waals surface area contributed by atoms with Crippen LogP contribution in [-0.4, -0.2) is 36.6 Å². The van der Waals surface area contributed by atoms with Crippen molar-refractivity contribution < 1.29 is 9.53 Å². The highest BCUT2D eigenvalue weighted by atomic mass is 79.9. The van der Waals surface area contributed by atoms with E-state index in [2.05, 4.69) is 20.8 Å². The summed E-state index contributed by atoms with van der Waals surface area (Å²) in [6.45, 7) is 2.49. The molecule has 2 aliphatic rings. The summed E-state index contributed by atoms with van der Waals surface area (Å²) >= 11 is 3.43. The largest absolute Gasteiger partial charge is 0.381 e. The van der Waals surface area contributed by atoms with Crippen molar-refractivity contribution in [2.24, 2.45) is 5.92 Å². The smallest absolute Gasteiger partial charge is 0.254 e. The zero-order valence-electron chi connectivity index (χ0n) is 10.8. The molecule has 19 heavy (non-hydrogen) atoms. The lowest BCUT2D eigenvalue weighted by Crippen LogP contribution is -2.37. The van der Waals surface area contributed by atoms with Crippen LogP contribution in [0, 0.1) is 5.92 Å². The van der Waals surface area contributed by atoms with Gasteiger partial charge in [-0.1, -0.05) is 22.0 Å². The molecule has 102 valence electrons. The minimum atomic E-state index is 0.163. The number of benzene rings is 1. The van der Waals surface area contributed by atoms with Crippen LogP contribution in [0.5, 0.6) is 0 Å². The van der Waals surface area contributed by atoms with Gasteiger partial charge in [0, 0.05) is 35.1 Å². The number of amides is 1. The molecule has 1 amide bonds. The van der Waals surface area contributed by atoms with Crippen LogP contribution in [0.3, 0.4) is 0 Å². The lowest BCUT2D eigenvalue weighted by atomic mass is 10.1. The molecule has 1 heterocycles. The van der Waals surface area contributed by atoms with E-state index < -0.39 is 0 Å². The van der Waals surface area contributed by atoms with Crippen LogP contribution < -0.4 is 0 Å². The summed E-state index contributed by atoms with van der Waals surface area (Å²) in [6.07, 6.45) is 3.37. The molecule has 0 unspecified atom stereocenters. The fraction of sp³-hybridized carbons (Fsp3) is 0.533. The molecule has 0 radical (unpaired) electrons. The molecule has 1 aliphatic carbocycles. The third-order valence-corrected chi connectivity index (χ3v) is 4.29. The molecule has 0 N–H and O–H groups in total. The van der Waals surface area contributed by atoms with E-state index in [1.807, 2.05) is 24.3 Å². The van der Waals surface area contributed by atoms with Gasteiger partial charge < -0.3 is 9.64 Å². The van der Waals surface area contributed by atoms with Gasteiger partial charge in [-0.05, 0) is 37.5 Å². The van der Waals surface area contributed by atoms with E-state index in [1.54, 1.807) is 0 Å². The molecule has 1 aromatic carbocycles. The Hall–Kier alpha value is -0.870. The van der Waals surface area contributed by atoms with Gasteiger partial charge in [-0.15, -0.1) is 0 Å². The van der Waals surface area contributed by atoms with Crippen molar-refractivity contribution in [1.29, 1.82) is 0 Å². The van der Waals surface area contributed by atoms with E-state index in [4.69, 9.17) is 4.74 Å². The zero-order valence-corrected chi connectivity index (χ0v) is 12.4. The number of carbonyl (C=O) groups excluding carboxylic acids is 1. The van der Waals surface area contributed by atoms with Gasteiger partial charge in [0.2, 0.25) is 0 Å². The quantitative estimate of drug-likeness (QED) is 0.852. The highest BCUT2D eigenvalue weighted by Crippen LogP contribution is 2.30. The monoisotopic (exact) mass is 323 g/mol. The topological polar surface area (TPSA) is 29.5 Å². The van der Waals surface area contributed by atoms with E-state index >= 15 is 0 Å². The van der Waals surface area contributed by atoms with Crippen molar-refractivity contribution in [2.75, 3.05) is 19.8 Å². The molecule has 3 nitrogen and oxygen atoms in total. The van der Waals surface area contributed by atoms with Crippen molar-refractivity contribution in [3.05, 3.63) is 34.3 Å². The van der Waals surface area contributed by atoms with Gasteiger partial charge in [-0.25, -0.2) is 0 Å². The second-order valence-electron chi connectivity index (χ2n) is 5.43. The van der Waals surface area contributed by atoms with Gasteiger partial charge in [0.25, 0.3) is 5.91 Å². The van der Waals surface area contributed by atoms with Crippen LogP contribution in [0.4, 0.5) is 0 Å². The predicted octanol–water partition coefficient (Wildman–Crippen LogP) is 3.09. The SMILES string of the molecule is O=C(c1cccc(Br)c1)N(C[C@@H]1CCOC1)C1CC1. The van der Waals surface area contributed by atoms with Crippen molar-refractivity contribution in [1.82, 2.24) is 4.90 Å². The minimum absolute atomic E-state index is 0.163. The van der Waals surface area contributed by atoms with Gasteiger partial charge in [-0.2, -0.15) is 0 Å². The summed E-state index contributed by atoms with van der Waals surface area (Å²) in [7, 11) is 0. The first-order valence-electron chi connectivity index (χ1n) is 6.88. The second-order valence-corrected chi connectivity index (χ2v) is 6.34. The van der Waals surface area contributed by atoms with Crippen LogP contribution in [-0.2, 0) is 4.74 Å². The van der Waals surface area contributed by atoms with Gasteiger partial charge in [0.05, 0.1) is 6.61 Å². The summed E-state index contributed by atoms with van der Waals surface area (Å²) < 4.78 is 6.37. The Morgan fingerprint density at radius 3 is 2.84 bits per heavy atom. The first-order chi connectivity index (χ1) is 9.24. The Bertz CT molecular complexity index is 467. The Labute approximate surface area is 122 Å². The van der Waals surface area contributed by atoms with E-state index in [0.717, 1.165) is 49.1 Å². The number of rotatable bonds is 4. The van der Waals surface area contributed by atoms with Crippen molar-refractivity contribution in [3.8, 4) is 0 Å². The van der Waals surface area contributed by atoms with E-state index in [-0.39, 0.29) is 5.91 Å². The fourth-order valence-corrected chi connectivity index (χ4v) is 2.98. The maximum Gasteiger partial charge on any atom is 0.254 e. The molecular weight excluding hydrogens is 306 g/mol. The summed E-state index contributed by atoms with van der Waals surface area (Å²) in [5.41, 5.74) is 0.778. The minimum Gasteiger partial charge on any atom is -0.381 e. The van der Waals surface area contributed by atoms with Crippen LogP contribution >= 0.6 is 15.9 Å². The van der Waals surface area contributed by atoms with E-state index in [1.165, 1.54) is 0 Å². The van der Waals surface area contributed by atoms with Crippen LogP contribution in [0.1, 0.15) is 29.6 Å². The van der Waals surface area contributed by atoms with Crippen LogP contribution in [0.25, 0.3) is 0 Å². The average Bonchev–Trinajstić information content (AvgIpc) is 3.12. The Morgan fingerprint density at radius 1 is 1.37 bits per heavy atom. The highest BCUT2D eigenvalue weighted by Gasteiger charge is 2.35. The number of hydrogen-bond donors (Lipinski definition) is 0. The molecular formula is C15H18BrNO2. The Kier molecular flexibility index (Phi) is 3.89. The highest BCUT2D eigenvalue weighted by molar-refractivity contribution is 9.10. The summed E-state index contributed by atoms with van der Waals surface area (Å²) in [5.74, 6) is 0.674. The molecule has 1 saturated heterocycles. The number of carbonyl (C=O) groups is 1. The van der Waals surface area contributed by atoms with Crippen LogP contribution in [0.15, 0.2) is 28.7 Å². The van der Waals surface area contributed by atoms with Gasteiger partial charge in [0.15, 0.2) is 0 Å². The molecule has 0 aromatic heterocycles. The number of halogens is 1. The van der Waals surface area contributed by atoms with Crippen molar-refractivity contribution in [3.63, 3.8) is 0 Å². The fourth-order valence-electron chi connectivity index (χ4n) is 2.58. The predicted molar refractivity (Wildman–Crippen MR) is 77.1 cm³/mol. The Morgan fingerprint density at radius 2 is 2.21 bits per heavy atom. The molecule has 1 atom stereocenters. The normalized spacial score (nSPS) is 22.5. The lowest BCUT2D eigenvalue weighted by Gasteiger charge is -2.25. The van der Waals surface area contributed by atoms with Crippen molar-refractivity contribution >= 4 is 21.8 Å². The average molecular weight is 324 g/mol. The maximum atomic E-state index is 12.6. The van der Waals surface area contributed by atoms with E-state index in [9.17, 15) is 4.79 Å². The van der Waals surface area contributed by atoms with Crippen molar-refractivity contribution in [2.45, 2.75) is 25.3 Å². The molecule has 1 aliphatic heterocycles. The molecule has 2 fully saturated rings. The summed E-state index contributed by atoms with van der Waals surface area (Å²) in [4.78, 5) is 14.7. The molecule has 1 saturated carbocycles. The Balaban J connectivity index is 1.73. The van der Waals surface area contributed by atoms with Gasteiger partial charge >= 0.3 is 0 Å². The third kappa shape index (κ3) is 3.18.